The van der Waals surface area contributed by atoms with Crippen LogP contribution in [0.25, 0.3) is 0 Å². The summed E-state index contributed by atoms with van der Waals surface area (Å²) >= 11 is 0. The normalized spacial score (nSPS) is 19.9. The Balaban J connectivity index is 2.10. The highest BCUT2D eigenvalue weighted by molar-refractivity contribution is 7.91. The first-order chi connectivity index (χ1) is 9.02. The van der Waals surface area contributed by atoms with Gasteiger partial charge in [-0.2, -0.15) is 0 Å². The van der Waals surface area contributed by atoms with Gasteiger partial charge in [0.1, 0.15) is 0 Å². The molecule has 1 amide bonds. The molecule has 1 aliphatic rings. The highest BCUT2D eigenvalue weighted by Gasteiger charge is 2.33. The van der Waals surface area contributed by atoms with E-state index in [0.717, 1.165) is 5.56 Å². The van der Waals surface area contributed by atoms with E-state index in [1.165, 1.54) is 0 Å². The minimum Gasteiger partial charge on any atom is -0.334 e. The maximum atomic E-state index is 11.9. The van der Waals surface area contributed by atoms with E-state index >= 15 is 0 Å². The molecule has 104 valence electrons. The first kappa shape index (κ1) is 14.1. The summed E-state index contributed by atoms with van der Waals surface area (Å²) in [5.41, 5.74) is 1.04. The molecule has 1 fully saturated rings. The standard InChI is InChI=1S/C14H19NO3S/c1-2-19(17,18)11-13-8-9-14(16)15(13)10-12-6-4-3-5-7-12/h3-7,13H,2,8-11H2,1H3/t13-/m0/s1. The summed E-state index contributed by atoms with van der Waals surface area (Å²) in [5.74, 6) is 0.277. The lowest BCUT2D eigenvalue weighted by Crippen LogP contribution is -2.37. The summed E-state index contributed by atoms with van der Waals surface area (Å²) in [6, 6.07) is 9.52. The second kappa shape index (κ2) is 5.74. The van der Waals surface area contributed by atoms with E-state index in [0.29, 0.717) is 19.4 Å². The Kier molecular flexibility index (Phi) is 4.24. The number of rotatable bonds is 5. The van der Waals surface area contributed by atoms with Crippen molar-refractivity contribution in [3.63, 3.8) is 0 Å². The van der Waals surface area contributed by atoms with Gasteiger partial charge in [-0.25, -0.2) is 8.42 Å². The Bertz CT molecular complexity index is 539. The van der Waals surface area contributed by atoms with Crippen LogP contribution in [0.2, 0.25) is 0 Å². The van der Waals surface area contributed by atoms with E-state index in [-0.39, 0.29) is 23.5 Å². The largest absolute Gasteiger partial charge is 0.334 e. The summed E-state index contributed by atoms with van der Waals surface area (Å²) in [7, 11) is -3.05. The molecular weight excluding hydrogens is 262 g/mol. The SMILES string of the molecule is CCS(=O)(=O)C[C@@H]1CCC(=O)N1Cc1ccccc1. The summed E-state index contributed by atoms with van der Waals surface area (Å²) in [4.78, 5) is 13.6. The van der Waals surface area contributed by atoms with Crippen LogP contribution in [0.4, 0.5) is 0 Å². The van der Waals surface area contributed by atoms with E-state index in [4.69, 9.17) is 0 Å². The highest BCUT2D eigenvalue weighted by atomic mass is 32.2. The summed E-state index contributed by atoms with van der Waals surface area (Å²) in [6.45, 7) is 2.15. The molecule has 19 heavy (non-hydrogen) atoms. The minimum atomic E-state index is -3.05. The van der Waals surface area contributed by atoms with Crippen LogP contribution in [0, 0.1) is 0 Å². The number of hydrogen-bond donors (Lipinski definition) is 0. The fourth-order valence-electron chi connectivity index (χ4n) is 2.37. The van der Waals surface area contributed by atoms with Crippen molar-refractivity contribution < 1.29 is 13.2 Å². The third kappa shape index (κ3) is 3.56. The molecule has 4 nitrogen and oxygen atoms in total. The predicted octanol–water partition coefficient (Wildman–Crippen LogP) is 1.61. The number of nitrogens with zero attached hydrogens (tertiary/aromatic N) is 1. The third-order valence-electron chi connectivity index (χ3n) is 3.53. The number of sulfone groups is 1. The molecule has 2 rings (SSSR count). The Morgan fingerprint density at radius 3 is 2.58 bits per heavy atom. The van der Waals surface area contributed by atoms with Crippen molar-refractivity contribution in [2.75, 3.05) is 11.5 Å². The van der Waals surface area contributed by atoms with Crippen LogP contribution < -0.4 is 0 Å². The van der Waals surface area contributed by atoms with Crippen molar-refractivity contribution >= 4 is 15.7 Å². The Labute approximate surface area is 114 Å². The molecule has 0 aromatic heterocycles. The number of carbonyl (C=O) groups is 1. The molecule has 0 unspecified atom stereocenters. The number of amides is 1. The van der Waals surface area contributed by atoms with Crippen LogP contribution >= 0.6 is 0 Å². The second-order valence-corrected chi connectivity index (χ2v) is 7.30. The van der Waals surface area contributed by atoms with Gasteiger partial charge in [0.25, 0.3) is 0 Å². The maximum absolute atomic E-state index is 11.9. The van der Waals surface area contributed by atoms with E-state index in [1.807, 2.05) is 30.3 Å². The molecule has 0 radical (unpaired) electrons. The Hall–Kier alpha value is -1.36. The zero-order chi connectivity index (χ0) is 13.9. The number of benzene rings is 1. The van der Waals surface area contributed by atoms with Crippen molar-refractivity contribution in [2.45, 2.75) is 32.4 Å². The van der Waals surface area contributed by atoms with Gasteiger partial charge in [-0.1, -0.05) is 37.3 Å². The molecule has 1 aliphatic heterocycles. The average molecular weight is 281 g/mol. The lowest BCUT2D eigenvalue weighted by atomic mass is 10.2. The third-order valence-corrected chi connectivity index (χ3v) is 5.31. The van der Waals surface area contributed by atoms with Crippen molar-refractivity contribution in [1.29, 1.82) is 0 Å². The van der Waals surface area contributed by atoms with Crippen LogP contribution in [0.15, 0.2) is 30.3 Å². The molecule has 0 spiro atoms. The molecule has 0 saturated carbocycles. The van der Waals surface area contributed by atoms with E-state index in [9.17, 15) is 13.2 Å². The van der Waals surface area contributed by atoms with Gasteiger partial charge in [-0.05, 0) is 12.0 Å². The minimum absolute atomic E-state index is 0.0557. The van der Waals surface area contributed by atoms with Gasteiger partial charge in [0, 0.05) is 24.8 Å². The van der Waals surface area contributed by atoms with Gasteiger partial charge < -0.3 is 4.90 Å². The van der Waals surface area contributed by atoms with Crippen LogP contribution in [0.1, 0.15) is 25.3 Å². The molecule has 1 aromatic rings. The van der Waals surface area contributed by atoms with Crippen molar-refractivity contribution in [1.82, 2.24) is 4.90 Å². The zero-order valence-electron chi connectivity index (χ0n) is 11.1. The second-order valence-electron chi connectivity index (χ2n) is 4.90. The van der Waals surface area contributed by atoms with E-state index in [2.05, 4.69) is 0 Å². The first-order valence-corrected chi connectivity index (χ1v) is 8.38. The Morgan fingerprint density at radius 2 is 1.95 bits per heavy atom. The lowest BCUT2D eigenvalue weighted by Gasteiger charge is -2.24. The maximum Gasteiger partial charge on any atom is 0.223 e. The first-order valence-electron chi connectivity index (χ1n) is 6.55. The van der Waals surface area contributed by atoms with Gasteiger partial charge in [0.2, 0.25) is 5.91 Å². The van der Waals surface area contributed by atoms with Gasteiger partial charge in [-0.3, -0.25) is 4.79 Å². The monoisotopic (exact) mass is 281 g/mol. The van der Waals surface area contributed by atoms with Crippen LogP contribution in [-0.2, 0) is 21.2 Å². The molecule has 5 heteroatoms. The predicted molar refractivity (Wildman–Crippen MR) is 74.3 cm³/mol. The average Bonchev–Trinajstić information content (AvgIpc) is 2.72. The van der Waals surface area contributed by atoms with Gasteiger partial charge in [0.15, 0.2) is 9.84 Å². The molecule has 1 aromatic carbocycles. The molecule has 1 atom stereocenters. The zero-order valence-corrected chi connectivity index (χ0v) is 11.9. The summed E-state index contributed by atoms with van der Waals surface area (Å²) < 4.78 is 23.4. The summed E-state index contributed by atoms with van der Waals surface area (Å²) in [6.07, 6.45) is 1.10. The van der Waals surface area contributed by atoms with Crippen LogP contribution in [-0.4, -0.2) is 36.8 Å². The lowest BCUT2D eigenvalue weighted by molar-refractivity contribution is -0.129. The topological polar surface area (TPSA) is 54.5 Å². The molecule has 0 aliphatic carbocycles. The van der Waals surface area contributed by atoms with Gasteiger partial charge in [-0.15, -0.1) is 0 Å². The van der Waals surface area contributed by atoms with Crippen molar-refractivity contribution in [3.8, 4) is 0 Å². The van der Waals surface area contributed by atoms with E-state index in [1.54, 1.807) is 11.8 Å². The number of hydrogen-bond acceptors (Lipinski definition) is 3. The molecule has 1 saturated heterocycles. The van der Waals surface area contributed by atoms with Gasteiger partial charge >= 0.3 is 0 Å². The highest BCUT2D eigenvalue weighted by Crippen LogP contribution is 2.22. The Morgan fingerprint density at radius 1 is 1.26 bits per heavy atom. The fraction of sp³-hybridized carbons (Fsp3) is 0.500. The number of carbonyl (C=O) groups excluding carboxylic acids is 1. The van der Waals surface area contributed by atoms with Crippen molar-refractivity contribution in [3.05, 3.63) is 35.9 Å². The number of likely N-dealkylation sites (tertiary alicyclic amines) is 1. The van der Waals surface area contributed by atoms with Crippen LogP contribution in [0.3, 0.4) is 0 Å². The smallest absolute Gasteiger partial charge is 0.223 e. The molecular formula is C14H19NO3S. The summed E-state index contributed by atoms with van der Waals surface area (Å²) in [5, 5.41) is 0. The van der Waals surface area contributed by atoms with Gasteiger partial charge in [0.05, 0.1) is 5.75 Å². The molecule has 0 N–H and O–H groups in total. The molecule has 1 heterocycles. The molecule has 0 bridgehead atoms. The van der Waals surface area contributed by atoms with Crippen LogP contribution in [0.5, 0.6) is 0 Å². The van der Waals surface area contributed by atoms with Crippen molar-refractivity contribution in [2.24, 2.45) is 0 Å². The quantitative estimate of drug-likeness (QED) is 0.824. The fourth-order valence-corrected chi connectivity index (χ4v) is 3.54. The van der Waals surface area contributed by atoms with E-state index < -0.39 is 9.84 Å².